The van der Waals surface area contributed by atoms with Gasteiger partial charge in [-0.25, -0.2) is 0 Å². The minimum absolute atomic E-state index is 0.00276. The van der Waals surface area contributed by atoms with E-state index in [-0.39, 0.29) is 11.8 Å². The third kappa shape index (κ3) is 1.25. The SMILES string of the molecule is N#C[C@]12C(=O)NC(=O)[C@]1(C#N)[C@H]1C=C[C@H]2[C@H]2C=C(c3ccccc3)[C@H]21. The topological polar surface area (TPSA) is 93.8 Å². The minimum atomic E-state index is -1.65. The first kappa shape index (κ1) is 14.2. The molecule has 1 aromatic rings. The number of nitriles is 2. The Hall–Kier alpha value is -3.18. The molecule has 1 heterocycles. The number of allylic oxidation sites excluding steroid dienone is 4. The van der Waals surface area contributed by atoms with E-state index in [1.54, 1.807) is 0 Å². The Balaban J connectivity index is 1.74. The molecule has 0 aromatic heterocycles. The highest BCUT2D eigenvalue weighted by Gasteiger charge is 2.80. The summed E-state index contributed by atoms with van der Waals surface area (Å²) in [5.74, 6) is -2.19. The number of hydrogen-bond acceptors (Lipinski definition) is 4. The van der Waals surface area contributed by atoms with Crippen LogP contribution in [0.2, 0.25) is 0 Å². The Morgan fingerprint density at radius 3 is 2.16 bits per heavy atom. The zero-order valence-electron chi connectivity index (χ0n) is 13.1. The van der Waals surface area contributed by atoms with E-state index in [1.807, 2.05) is 42.5 Å². The molecule has 2 fully saturated rings. The second-order valence-corrected chi connectivity index (χ2v) is 7.15. The van der Waals surface area contributed by atoms with Crippen molar-refractivity contribution in [2.45, 2.75) is 0 Å². The molecule has 4 aliphatic carbocycles. The molecular weight excluding hydrogens is 314 g/mol. The van der Waals surface area contributed by atoms with E-state index in [4.69, 9.17) is 0 Å². The molecule has 1 saturated carbocycles. The van der Waals surface area contributed by atoms with Crippen molar-refractivity contribution in [2.24, 2.45) is 34.5 Å². The fourth-order valence-electron chi connectivity index (χ4n) is 5.44. The van der Waals surface area contributed by atoms with Gasteiger partial charge in [0, 0.05) is 11.8 Å². The summed E-state index contributed by atoms with van der Waals surface area (Å²) in [5, 5.41) is 22.2. The molecule has 1 saturated heterocycles. The van der Waals surface area contributed by atoms with Gasteiger partial charge in [0.1, 0.15) is 0 Å². The van der Waals surface area contributed by atoms with Crippen LogP contribution in [0.25, 0.3) is 5.57 Å². The third-order valence-electron chi connectivity index (χ3n) is 6.50. The summed E-state index contributed by atoms with van der Waals surface area (Å²) >= 11 is 0. The van der Waals surface area contributed by atoms with Crippen LogP contribution in [0, 0.1) is 57.2 Å². The summed E-state index contributed by atoms with van der Waals surface area (Å²) in [6.07, 6.45) is 5.83. The first-order chi connectivity index (χ1) is 12.1. The molecule has 0 spiro atoms. The second kappa shape index (κ2) is 4.26. The molecule has 1 aliphatic heterocycles. The molecule has 0 radical (unpaired) electrons. The van der Waals surface area contributed by atoms with Gasteiger partial charge in [-0.05, 0) is 23.0 Å². The first-order valence-electron chi connectivity index (χ1n) is 8.25. The molecule has 0 unspecified atom stereocenters. The van der Waals surface area contributed by atoms with E-state index in [1.165, 1.54) is 0 Å². The van der Waals surface area contributed by atoms with Crippen LogP contribution < -0.4 is 5.32 Å². The fraction of sp³-hybridized carbons (Fsp3) is 0.300. The van der Waals surface area contributed by atoms with Crippen molar-refractivity contribution in [1.82, 2.24) is 5.32 Å². The van der Waals surface area contributed by atoms with E-state index in [0.717, 1.165) is 11.1 Å². The van der Waals surface area contributed by atoms with Gasteiger partial charge in [0.25, 0.3) is 0 Å². The van der Waals surface area contributed by atoms with Crippen LogP contribution >= 0.6 is 0 Å². The molecule has 1 N–H and O–H groups in total. The van der Waals surface area contributed by atoms with Crippen molar-refractivity contribution >= 4 is 17.4 Å². The predicted molar refractivity (Wildman–Crippen MR) is 86.8 cm³/mol. The van der Waals surface area contributed by atoms with Crippen LogP contribution in [0.15, 0.2) is 48.6 Å². The summed E-state index contributed by atoms with van der Waals surface area (Å²) in [5.41, 5.74) is -1.12. The number of benzene rings is 1. The summed E-state index contributed by atoms with van der Waals surface area (Å²) < 4.78 is 0. The lowest BCUT2D eigenvalue weighted by atomic mass is 9.37. The maximum atomic E-state index is 12.7. The highest BCUT2D eigenvalue weighted by Crippen LogP contribution is 2.71. The summed E-state index contributed by atoms with van der Waals surface area (Å²) in [6.45, 7) is 0. The summed E-state index contributed by atoms with van der Waals surface area (Å²) in [7, 11) is 0. The number of hydrogen-bond donors (Lipinski definition) is 1. The lowest BCUT2D eigenvalue weighted by Crippen LogP contribution is -2.64. The van der Waals surface area contributed by atoms with Gasteiger partial charge in [0.2, 0.25) is 11.8 Å². The van der Waals surface area contributed by atoms with E-state index in [9.17, 15) is 20.1 Å². The van der Waals surface area contributed by atoms with E-state index >= 15 is 0 Å². The molecule has 2 bridgehead atoms. The predicted octanol–water partition coefficient (Wildman–Crippen LogP) is 1.81. The number of amides is 2. The number of carbonyl (C=O) groups is 2. The average Bonchev–Trinajstić information content (AvgIpc) is 2.85. The molecule has 5 heteroatoms. The smallest absolute Gasteiger partial charge is 0.249 e. The van der Waals surface area contributed by atoms with E-state index in [0.29, 0.717) is 0 Å². The highest BCUT2D eigenvalue weighted by molar-refractivity contribution is 6.14. The van der Waals surface area contributed by atoms with Gasteiger partial charge in [0.15, 0.2) is 10.8 Å². The van der Waals surface area contributed by atoms with Gasteiger partial charge in [0.05, 0.1) is 12.1 Å². The molecule has 5 aliphatic rings. The largest absolute Gasteiger partial charge is 0.293 e. The number of rotatable bonds is 1. The molecular formula is C20H13N3O2. The quantitative estimate of drug-likeness (QED) is 0.629. The minimum Gasteiger partial charge on any atom is -0.293 e. The van der Waals surface area contributed by atoms with Crippen molar-refractivity contribution in [2.75, 3.05) is 0 Å². The maximum absolute atomic E-state index is 12.7. The van der Waals surface area contributed by atoms with Crippen LogP contribution in [-0.2, 0) is 9.59 Å². The molecule has 5 nitrogen and oxygen atoms in total. The normalized spacial score (nSPS) is 42.4. The van der Waals surface area contributed by atoms with Crippen molar-refractivity contribution in [3.05, 3.63) is 54.1 Å². The van der Waals surface area contributed by atoms with Crippen LogP contribution in [-0.4, -0.2) is 11.8 Å². The maximum Gasteiger partial charge on any atom is 0.249 e. The molecule has 6 rings (SSSR count). The number of carbonyl (C=O) groups excluding carboxylic acids is 2. The first-order valence-corrected chi connectivity index (χ1v) is 8.25. The van der Waals surface area contributed by atoms with Crippen LogP contribution in [0.5, 0.6) is 0 Å². The van der Waals surface area contributed by atoms with Crippen molar-refractivity contribution < 1.29 is 9.59 Å². The standard InChI is InChI=1S/C20H13N3O2/c21-9-19-14-6-7-15(20(19,10-22)18(25)23-17(19)24)16-12(8-13(14)16)11-4-2-1-3-5-11/h1-8,13-16H,(H,23,24,25)/t13-,14+,15+,16-,19+,20+/m1/s1. The van der Waals surface area contributed by atoms with Crippen LogP contribution in [0.3, 0.4) is 0 Å². The van der Waals surface area contributed by atoms with Gasteiger partial charge >= 0.3 is 0 Å². The number of nitrogens with one attached hydrogen (secondary N) is 1. The third-order valence-corrected chi connectivity index (χ3v) is 6.50. The Labute approximate surface area is 144 Å². The van der Waals surface area contributed by atoms with Crippen molar-refractivity contribution in [1.29, 1.82) is 10.5 Å². The van der Waals surface area contributed by atoms with Gasteiger partial charge in [-0.2, -0.15) is 10.5 Å². The lowest BCUT2D eigenvalue weighted by molar-refractivity contribution is -0.142. The molecule has 6 atom stereocenters. The molecule has 120 valence electrons. The van der Waals surface area contributed by atoms with Gasteiger partial charge in [-0.3, -0.25) is 14.9 Å². The lowest BCUT2D eigenvalue weighted by Gasteiger charge is -2.60. The van der Waals surface area contributed by atoms with Crippen LogP contribution in [0.4, 0.5) is 0 Å². The fourth-order valence-corrected chi connectivity index (χ4v) is 5.44. The number of nitrogens with zero attached hydrogens (tertiary/aromatic N) is 2. The second-order valence-electron chi connectivity index (χ2n) is 7.15. The van der Waals surface area contributed by atoms with Crippen molar-refractivity contribution in [3.63, 3.8) is 0 Å². The average molecular weight is 327 g/mol. The Bertz CT molecular complexity index is 980. The monoisotopic (exact) mass is 327 g/mol. The zero-order valence-corrected chi connectivity index (χ0v) is 13.1. The van der Waals surface area contributed by atoms with Crippen molar-refractivity contribution in [3.8, 4) is 12.1 Å². The zero-order chi connectivity index (χ0) is 17.4. The Kier molecular flexibility index (Phi) is 2.42. The number of imide groups is 1. The highest BCUT2D eigenvalue weighted by atomic mass is 16.2. The molecule has 2 amide bonds. The van der Waals surface area contributed by atoms with E-state index in [2.05, 4.69) is 23.5 Å². The Morgan fingerprint density at radius 2 is 1.52 bits per heavy atom. The summed E-state index contributed by atoms with van der Waals surface area (Å²) in [6, 6.07) is 14.0. The Morgan fingerprint density at radius 1 is 0.920 bits per heavy atom. The van der Waals surface area contributed by atoms with Gasteiger partial charge in [-0.1, -0.05) is 48.6 Å². The van der Waals surface area contributed by atoms with Gasteiger partial charge < -0.3 is 0 Å². The van der Waals surface area contributed by atoms with Crippen LogP contribution in [0.1, 0.15) is 5.56 Å². The van der Waals surface area contributed by atoms with Gasteiger partial charge in [-0.15, -0.1) is 0 Å². The molecule has 1 aromatic carbocycles. The summed E-state index contributed by atoms with van der Waals surface area (Å²) in [4.78, 5) is 25.3. The van der Waals surface area contributed by atoms with E-state index < -0.39 is 34.5 Å². The molecule has 25 heavy (non-hydrogen) atoms.